The number of hydrogen-bond acceptors (Lipinski definition) is 9. The van der Waals surface area contributed by atoms with E-state index in [0.29, 0.717) is 0 Å². The van der Waals surface area contributed by atoms with Crippen molar-refractivity contribution in [3.05, 3.63) is 125 Å². The Morgan fingerprint density at radius 3 is 1.18 bits per heavy atom. The van der Waals surface area contributed by atoms with Gasteiger partial charge < -0.3 is 0 Å². The second-order valence-electron chi connectivity index (χ2n) is 10.3. The Morgan fingerprint density at radius 2 is 0.978 bits per heavy atom. The van der Waals surface area contributed by atoms with Crippen molar-refractivity contribution >= 4 is 0 Å². The predicted molar refractivity (Wildman–Crippen MR) is 178 cm³/mol. The minimum Gasteiger partial charge on any atom is -0.276 e. The molecule has 0 aliphatic rings. The monoisotopic (exact) mass is 612 g/mol. The van der Waals surface area contributed by atoms with E-state index < -0.39 is 0 Å². The van der Waals surface area contributed by atoms with E-state index in [2.05, 4.69) is 45.2 Å². The third-order valence-corrected chi connectivity index (χ3v) is 5.27. The lowest BCUT2D eigenvalue weighted by Gasteiger charge is -1.90. The SMILES string of the molecule is Cc1cccc(C)n1.Cc1ccn(C)n1.Cc1ccnc(C)n1.Cc1cnn(C)c1.Cc1cnn(C)c1.Cc1ncnc(C)n1. The molecule has 6 heterocycles. The molecule has 6 aromatic rings. The molecule has 0 saturated carbocycles. The second kappa shape index (κ2) is 20.7. The quantitative estimate of drug-likeness (QED) is 0.219. The van der Waals surface area contributed by atoms with E-state index in [1.807, 2.05) is 145 Å². The summed E-state index contributed by atoms with van der Waals surface area (Å²) in [7, 11) is 5.73. The first-order valence-electron chi connectivity index (χ1n) is 14.4. The first-order valence-corrected chi connectivity index (χ1v) is 14.4. The number of hydrogen-bond donors (Lipinski definition) is 0. The third-order valence-electron chi connectivity index (χ3n) is 5.27. The smallest absolute Gasteiger partial charge is 0.129 e. The highest BCUT2D eigenvalue weighted by molar-refractivity contribution is 5.07. The van der Waals surface area contributed by atoms with Crippen molar-refractivity contribution in [1.82, 2.24) is 59.2 Å². The van der Waals surface area contributed by atoms with E-state index in [0.717, 1.165) is 40.2 Å². The van der Waals surface area contributed by atoms with Crippen LogP contribution in [0.5, 0.6) is 0 Å². The average Bonchev–Trinajstić information content (AvgIpc) is 3.65. The van der Waals surface area contributed by atoms with Crippen LogP contribution in [0.4, 0.5) is 0 Å². The van der Waals surface area contributed by atoms with Crippen LogP contribution >= 0.6 is 0 Å². The maximum atomic E-state index is 4.17. The van der Waals surface area contributed by atoms with E-state index in [1.54, 1.807) is 20.2 Å². The molecule has 6 aromatic heterocycles. The van der Waals surface area contributed by atoms with Crippen LogP contribution in [0.1, 0.15) is 51.4 Å². The molecule has 0 radical (unpaired) electrons. The zero-order chi connectivity index (χ0) is 33.8. The summed E-state index contributed by atoms with van der Waals surface area (Å²) in [6.07, 6.45) is 12.8. The number of nitrogens with zero attached hydrogens (tertiary/aromatic N) is 12. The van der Waals surface area contributed by atoms with Crippen LogP contribution < -0.4 is 0 Å². The van der Waals surface area contributed by atoms with Crippen molar-refractivity contribution in [2.75, 3.05) is 0 Å². The van der Waals surface area contributed by atoms with Crippen molar-refractivity contribution in [3.63, 3.8) is 0 Å². The molecule has 12 heteroatoms. The Kier molecular flexibility index (Phi) is 17.4. The second-order valence-corrected chi connectivity index (χ2v) is 10.3. The molecule has 0 saturated heterocycles. The summed E-state index contributed by atoms with van der Waals surface area (Å²) < 4.78 is 5.36. The van der Waals surface area contributed by atoms with Crippen LogP contribution in [-0.2, 0) is 21.1 Å². The first-order chi connectivity index (χ1) is 21.2. The molecule has 0 aliphatic heterocycles. The van der Waals surface area contributed by atoms with Crippen LogP contribution in [0.3, 0.4) is 0 Å². The van der Waals surface area contributed by atoms with Gasteiger partial charge in [-0.05, 0) is 97.7 Å². The van der Waals surface area contributed by atoms with Gasteiger partial charge in [-0.25, -0.2) is 24.9 Å². The van der Waals surface area contributed by atoms with Crippen LogP contribution in [0.25, 0.3) is 0 Å². The zero-order valence-corrected chi connectivity index (χ0v) is 28.8. The molecule has 0 aromatic carbocycles. The van der Waals surface area contributed by atoms with Crippen LogP contribution in [0.15, 0.2) is 73.8 Å². The van der Waals surface area contributed by atoms with Gasteiger partial charge in [0.25, 0.3) is 0 Å². The van der Waals surface area contributed by atoms with Gasteiger partial charge in [-0.1, -0.05) is 6.07 Å². The highest BCUT2D eigenvalue weighted by Crippen LogP contribution is 1.94. The van der Waals surface area contributed by atoms with Crippen LogP contribution in [-0.4, -0.2) is 59.2 Å². The molecule has 0 spiro atoms. The summed E-state index contributed by atoms with van der Waals surface area (Å²) in [5.74, 6) is 2.39. The highest BCUT2D eigenvalue weighted by Gasteiger charge is 1.86. The van der Waals surface area contributed by atoms with Crippen LogP contribution in [0.2, 0.25) is 0 Å². The summed E-state index contributed by atoms with van der Waals surface area (Å²) in [6.45, 7) is 17.5. The van der Waals surface area contributed by atoms with Crippen molar-refractivity contribution in [1.29, 1.82) is 0 Å². The molecule has 0 fully saturated rings. The van der Waals surface area contributed by atoms with Gasteiger partial charge in [-0.2, -0.15) is 15.3 Å². The number of aromatic nitrogens is 12. The van der Waals surface area contributed by atoms with Gasteiger partial charge in [-0.3, -0.25) is 19.0 Å². The van der Waals surface area contributed by atoms with E-state index >= 15 is 0 Å². The summed E-state index contributed by atoms with van der Waals surface area (Å²) >= 11 is 0. The zero-order valence-electron chi connectivity index (χ0n) is 28.8. The average molecular weight is 613 g/mol. The number of aryl methyl sites for hydroxylation is 12. The molecular formula is C33H48N12. The predicted octanol–water partition coefficient (Wildman–Crippen LogP) is 5.47. The molecule has 0 unspecified atom stereocenters. The fraction of sp³-hybridized carbons (Fsp3) is 0.364. The summed E-state index contributed by atoms with van der Waals surface area (Å²) in [5.41, 5.74) is 6.69. The van der Waals surface area contributed by atoms with E-state index in [9.17, 15) is 0 Å². The molecular weight excluding hydrogens is 564 g/mol. The van der Waals surface area contributed by atoms with Gasteiger partial charge in [0.2, 0.25) is 0 Å². The maximum Gasteiger partial charge on any atom is 0.129 e. The minimum absolute atomic E-state index is 0.775. The lowest BCUT2D eigenvalue weighted by Crippen LogP contribution is -1.91. The molecule has 6 rings (SSSR count). The van der Waals surface area contributed by atoms with Crippen LogP contribution in [0, 0.1) is 62.3 Å². The Labute approximate surface area is 267 Å². The van der Waals surface area contributed by atoms with Crippen molar-refractivity contribution in [3.8, 4) is 0 Å². The van der Waals surface area contributed by atoms with Crippen molar-refractivity contribution < 1.29 is 0 Å². The van der Waals surface area contributed by atoms with Gasteiger partial charge in [-0.15, -0.1) is 0 Å². The molecule has 12 nitrogen and oxygen atoms in total. The van der Waals surface area contributed by atoms with Crippen molar-refractivity contribution in [2.45, 2.75) is 62.3 Å². The van der Waals surface area contributed by atoms with Gasteiger partial charge in [0, 0.05) is 63.0 Å². The minimum atomic E-state index is 0.775. The highest BCUT2D eigenvalue weighted by atomic mass is 15.2. The Balaban J connectivity index is 0.000000270. The summed E-state index contributed by atoms with van der Waals surface area (Å²) in [4.78, 5) is 23.8. The van der Waals surface area contributed by atoms with E-state index in [4.69, 9.17) is 0 Å². The van der Waals surface area contributed by atoms with E-state index in [1.165, 1.54) is 17.5 Å². The Hall–Kier alpha value is -5.13. The van der Waals surface area contributed by atoms with Gasteiger partial charge in [0.1, 0.15) is 23.8 Å². The standard InChI is InChI=1S/C7H9N.C6H8N2.C5H7N3.3C5H8N2/c1-6-4-3-5-7(2)8-6;1-5-3-4-7-6(2)8-5;1-4-6-3-7-5(2)8-4;2*1-5-3-6-7(2)4-5;1-5-3-4-7(2)6-5/h3-5H,1-2H3;3-4H,1-2H3;3H,1-2H3;3*3-4H,1-2H3. The van der Waals surface area contributed by atoms with Gasteiger partial charge in [0.15, 0.2) is 0 Å². The molecule has 45 heavy (non-hydrogen) atoms. The van der Waals surface area contributed by atoms with Gasteiger partial charge >= 0.3 is 0 Å². The lowest BCUT2D eigenvalue weighted by atomic mass is 10.3. The Bertz CT molecular complexity index is 1350. The molecule has 0 aliphatic carbocycles. The summed E-state index contributed by atoms with van der Waals surface area (Å²) in [6, 6.07) is 9.85. The molecule has 0 N–H and O–H groups in total. The first kappa shape index (κ1) is 37.9. The maximum absolute atomic E-state index is 4.17. The topological polar surface area (TPSA) is 131 Å². The molecule has 240 valence electrons. The third kappa shape index (κ3) is 19.6. The van der Waals surface area contributed by atoms with Gasteiger partial charge in [0.05, 0.1) is 18.1 Å². The van der Waals surface area contributed by atoms with Crippen molar-refractivity contribution in [2.24, 2.45) is 21.1 Å². The number of pyridine rings is 1. The molecule has 0 bridgehead atoms. The lowest BCUT2D eigenvalue weighted by molar-refractivity contribution is 0.756. The molecule has 0 amide bonds. The Morgan fingerprint density at radius 1 is 0.489 bits per heavy atom. The fourth-order valence-corrected chi connectivity index (χ4v) is 3.36. The number of rotatable bonds is 0. The molecule has 0 atom stereocenters. The largest absolute Gasteiger partial charge is 0.276 e. The summed E-state index contributed by atoms with van der Waals surface area (Å²) in [5, 5.41) is 11.9. The van der Waals surface area contributed by atoms with E-state index in [-0.39, 0.29) is 0 Å². The fourth-order valence-electron chi connectivity index (χ4n) is 3.36. The normalized spacial score (nSPS) is 9.33.